The van der Waals surface area contributed by atoms with E-state index >= 15 is 0 Å². The first-order valence-electron chi connectivity index (χ1n) is 8.33. The molecule has 1 fully saturated rings. The van der Waals surface area contributed by atoms with Crippen LogP contribution in [0.2, 0.25) is 5.02 Å². The van der Waals surface area contributed by atoms with Crippen molar-refractivity contribution in [3.63, 3.8) is 0 Å². The molecule has 0 amide bonds. The molecule has 138 valence electrons. The van der Waals surface area contributed by atoms with E-state index in [1.807, 2.05) is 13.0 Å². The van der Waals surface area contributed by atoms with Crippen LogP contribution in [0, 0.1) is 6.92 Å². The number of nitrogens with two attached hydrogens (primary N) is 1. The molecule has 26 heavy (non-hydrogen) atoms. The number of benzene rings is 1. The first-order chi connectivity index (χ1) is 12.5. The van der Waals surface area contributed by atoms with E-state index in [1.165, 1.54) is 7.11 Å². The van der Waals surface area contributed by atoms with Gasteiger partial charge in [0.25, 0.3) is 0 Å². The Bertz CT molecular complexity index is 795. The molecule has 2 aromatic rings. The largest absolute Gasteiger partial charge is 0.465 e. The molecule has 2 heterocycles. The number of aryl methyl sites for hydroxylation is 1. The minimum atomic E-state index is -0.411. The zero-order valence-electron chi connectivity index (χ0n) is 14.7. The van der Waals surface area contributed by atoms with Gasteiger partial charge in [0.05, 0.1) is 25.3 Å². The molecule has 0 spiro atoms. The van der Waals surface area contributed by atoms with E-state index < -0.39 is 5.97 Å². The van der Waals surface area contributed by atoms with Crippen LogP contribution in [0.1, 0.15) is 34.1 Å². The van der Waals surface area contributed by atoms with Gasteiger partial charge in [-0.1, -0.05) is 11.6 Å². The van der Waals surface area contributed by atoms with E-state index in [2.05, 4.69) is 14.9 Å². The van der Waals surface area contributed by atoms with E-state index in [0.717, 1.165) is 24.2 Å². The summed E-state index contributed by atoms with van der Waals surface area (Å²) in [5.41, 5.74) is 7.84. The molecule has 0 saturated carbocycles. The summed E-state index contributed by atoms with van der Waals surface area (Å²) in [7, 11) is 1.35. The Balaban J connectivity index is 2.06. The van der Waals surface area contributed by atoms with E-state index in [4.69, 9.17) is 26.8 Å². The molecule has 8 heteroatoms. The molecular weight excluding hydrogens is 356 g/mol. The number of esters is 1. The number of rotatable bonds is 3. The average molecular weight is 377 g/mol. The van der Waals surface area contributed by atoms with Crippen LogP contribution in [0.15, 0.2) is 24.3 Å². The Morgan fingerprint density at radius 2 is 2.19 bits per heavy atom. The fourth-order valence-corrected chi connectivity index (χ4v) is 3.32. The summed E-state index contributed by atoms with van der Waals surface area (Å²) in [5, 5.41) is 0.553. The second kappa shape index (κ2) is 7.88. The van der Waals surface area contributed by atoms with Gasteiger partial charge in [-0.05, 0) is 37.1 Å². The third-order valence-corrected chi connectivity index (χ3v) is 4.61. The number of hydrogen-bond acceptors (Lipinski definition) is 7. The minimum absolute atomic E-state index is 0.205. The van der Waals surface area contributed by atoms with Gasteiger partial charge in [0.1, 0.15) is 5.82 Å². The summed E-state index contributed by atoms with van der Waals surface area (Å²) >= 11 is 6.45. The van der Waals surface area contributed by atoms with Crippen molar-refractivity contribution in [2.45, 2.75) is 19.4 Å². The number of carbonyl (C=O) groups is 1. The molecule has 1 aliphatic heterocycles. The molecule has 1 aromatic heterocycles. The second-order valence-electron chi connectivity index (χ2n) is 6.09. The topological polar surface area (TPSA) is 90.6 Å². The first kappa shape index (κ1) is 18.4. The van der Waals surface area contributed by atoms with Crippen molar-refractivity contribution < 1.29 is 14.3 Å². The number of hydrogen-bond donors (Lipinski definition) is 1. The Morgan fingerprint density at radius 1 is 1.38 bits per heavy atom. The zero-order chi connectivity index (χ0) is 18.7. The van der Waals surface area contributed by atoms with Crippen LogP contribution >= 0.6 is 11.6 Å². The quantitative estimate of drug-likeness (QED) is 0.823. The lowest BCUT2D eigenvalue weighted by Gasteiger charge is -2.31. The van der Waals surface area contributed by atoms with Gasteiger partial charge in [0.15, 0.2) is 0 Å². The van der Waals surface area contributed by atoms with Crippen LogP contribution in [0.5, 0.6) is 0 Å². The highest BCUT2D eigenvalue weighted by atomic mass is 35.5. The number of methoxy groups -OCH3 is 1. The molecule has 1 unspecified atom stereocenters. The standard InChI is InChI=1S/C18H21ClN4O3/c1-11-8-16(22-18(20)21-11)23-6-3-7-26-10-15(23)13-9-12(17(24)25-2)4-5-14(13)19/h4-5,8-9,15H,3,6-7,10H2,1-2H3,(H2,20,21,22). The summed E-state index contributed by atoms with van der Waals surface area (Å²) in [4.78, 5) is 22.5. The molecule has 1 aromatic carbocycles. The third-order valence-electron chi connectivity index (χ3n) is 4.27. The summed E-state index contributed by atoms with van der Waals surface area (Å²) < 4.78 is 10.6. The average Bonchev–Trinajstić information content (AvgIpc) is 2.86. The molecule has 0 radical (unpaired) electrons. The number of nitrogen functional groups attached to an aromatic ring is 1. The Labute approximate surface area is 157 Å². The number of carbonyl (C=O) groups excluding carboxylic acids is 1. The molecular formula is C18H21ClN4O3. The summed E-state index contributed by atoms with van der Waals surface area (Å²) in [6.07, 6.45) is 0.841. The van der Waals surface area contributed by atoms with Crippen molar-refractivity contribution >= 4 is 29.3 Å². The lowest BCUT2D eigenvalue weighted by atomic mass is 10.0. The maximum Gasteiger partial charge on any atom is 0.337 e. The van der Waals surface area contributed by atoms with Gasteiger partial charge >= 0.3 is 5.97 Å². The van der Waals surface area contributed by atoms with Gasteiger partial charge in [-0.2, -0.15) is 4.98 Å². The highest BCUT2D eigenvalue weighted by Crippen LogP contribution is 2.33. The smallest absolute Gasteiger partial charge is 0.337 e. The van der Waals surface area contributed by atoms with Crippen molar-refractivity contribution in [1.82, 2.24) is 9.97 Å². The van der Waals surface area contributed by atoms with Crippen molar-refractivity contribution in [3.8, 4) is 0 Å². The van der Waals surface area contributed by atoms with Gasteiger partial charge in [-0.25, -0.2) is 9.78 Å². The van der Waals surface area contributed by atoms with Crippen molar-refractivity contribution in [3.05, 3.63) is 46.1 Å². The number of aromatic nitrogens is 2. The fraction of sp³-hybridized carbons (Fsp3) is 0.389. The lowest BCUT2D eigenvalue weighted by molar-refractivity contribution is 0.0600. The highest BCUT2D eigenvalue weighted by molar-refractivity contribution is 6.31. The maximum absolute atomic E-state index is 11.9. The van der Waals surface area contributed by atoms with E-state index in [1.54, 1.807) is 18.2 Å². The van der Waals surface area contributed by atoms with Crippen molar-refractivity contribution in [1.29, 1.82) is 0 Å². The van der Waals surface area contributed by atoms with Gasteiger partial charge < -0.3 is 20.1 Å². The summed E-state index contributed by atoms with van der Waals surface area (Å²) in [6, 6.07) is 6.77. The third kappa shape index (κ3) is 3.89. The minimum Gasteiger partial charge on any atom is -0.465 e. The molecule has 1 atom stereocenters. The SMILES string of the molecule is COC(=O)c1ccc(Cl)c(C2COCCCN2c2cc(C)nc(N)n2)c1. The number of anilines is 2. The predicted molar refractivity (Wildman–Crippen MR) is 99.5 cm³/mol. The molecule has 2 N–H and O–H groups in total. The Morgan fingerprint density at radius 3 is 2.92 bits per heavy atom. The molecule has 0 bridgehead atoms. The Hall–Kier alpha value is -2.38. The van der Waals surface area contributed by atoms with Crippen LogP contribution in [0.25, 0.3) is 0 Å². The maximum atomic E-state index is 11.9. The second-order valence-corrected chi connectivity index (χ2v) is 6.50. The highest BCUT2D eigenvalue weighted by Gasteiger charge is 2.27. The van der Waals surface area contributed by atoms with Crippen LogP contribution in [-0.2, 0) is 9.47 Å². The Kier molecular flexibility index (Phi) is 5.58. The summed E-state index contributed by atoms with van der Waals surface area (Å²) in [5.74, 6) is 0.523. The van der Waals surface area contributed by atoms with Crippen LogP contribution in [0.4, 0.5) is 11.8 Å². The first-order valence-corrected chi connectivity index (χ1v) is 8.70. The van der Waals surface area contributed by atoms with Crippen LogP contribution in [-0.4, -0.2) is 42.8 Å². The molecule has 7 nitrogen and oxygen atoms in total. The van der Waals surface area contributed by atoms with Gasteiger partial charge in [0, 0.05) is 29.9 Å². The van der Waals surface area contributed by atoms with E-state index in [9.17, 15) is 4.79 Å². The normalized spacial score (nSPS) is 17.7. The van der Waals surface area contributed by atoms with Gasteiger partial charge in [-0.15, -0.1) is 0 Å². The van der Waals surface area contributed by atoms with E-state index in [0.29, 0.717) is 29.6 Å². The number of halogens is 1. The monoisotopic (exact) mass is 376 g/mol. The summed E-state index contributed by atoms with van der Waals surface area (Å²) in [6.45, 7) is 3.66. The predicted octanol–water partition coefficient (Wildman–Crippen LogP) is 2.78. The molecule has 0 aliphatic carbocycles. The van der Waals surface area contributed by atoms with Gasteiger partial charge in [-0.3, -0.25) is 0 Å². The van der Waals surface area contributed by atoms with Crippen molar-refractivity contribution in [2.75, 3.05) is 37.5 Å². The molecule has 3 rings (SSSR count). The van der Waals surface area contributed by atoms with Crippen LogP contribution in [0.3, 0.4) is 0 Å². The number of nitrogens with zero attached hydrogens (tertiary/aromatic N) is 3. The van der Waals surface area contributed by atoms with E-state index in [-0.39, 0.29) is 12.0 Å². The fourth-order valence-electron chi connectivity index (χ4n) is 3.08. The molecule has 1 aliphatic rings. The van der Waals surface area contributed by atoms with Gasteiger partial charge in [0.2, 0.25) is 5.95 Å². The number of ether oxygens (including phenoxy) is 2. The van der Waals surface area contributed by atoms with Crippen molar-refractivity contribution in [2.24, 2.45) is 0 Å². The lowest BCUT2D eigenvalue weighted by Crippen LogP contribution is -2.32. The van der Waals surface area contributed by atoms with Crippen LogP contribution < -0.4 is 10.6 Å². The molecule has 1 saturated heterocycles. The zero-order valence-corrected chi connectivity index (χ0v) is 15.5.